The third-order valence-corrected chi connectivity index (χ3v) is 2.08. The van der Waals surface area contributed by atoms with Crippen LogP contribution in [-0.2, 0) is 4.79 Å². The van der Waals surface area contributed by atoms with Crippen LogP contribution in [0.2, 0.25) is 0 Å². The van der Waals surface area contributed by atoms with Crippen LogP contribution in [0.15, 0.2) is 0 Å². The van der Waals surface area contributed by atoms with Crippen LogP contribution >= 0.6 is 0 Å². The van der Waals surface area contributed by atoms with Gasteiger partial charge < -0.3 is 5.32 Å². The summed E-state index contributed by atoms with van der Waals surface area (Å²) in [5.41, 5.74) is 0.0394. The van der Waals surface area contributed by atoms with Gasteiger partial charge in [-0.2, -0.15) is 0 Å². The van der Waals surface area contributed by atoms with E-state index in [1.54, 1.807) is 0 Å². The van der Waals surface area contributed by atoms with Crippen LogP contribution in [0.3, 0.4) is 0 Å². The molecule has 1 amide bonds. The summed E-state index contributed by atoms with van der Waals surface area (Å²) in [5.74, 6) is 0.488. The van der Waals surface area contributed by atoms with E-state index in [4.69, 9.17) is 0 Å². The highest BCUT2D eigenvalue weighted by Crippen LogP contribution is 2.25. The van der Waals surface area contributed by atoms with Gasteiger partial charge in [-0.25, -0.2) is 0 Å². The first kappa shape index (κ1) is 7.58. The van der Waals surface area contributed by atoms with E-state index in [0.29, 0.717) is 0 Å². The Morgan fingerprint density at radius 2 is 2.30 bits per heavy atom. The summed E-state index contributed by atoms with van der Waals surface area (Å²) in [5, 5.41) is 2.96. The molecule has 58 valence electrons. The first-order valence-electron chi connectivity index (χ1n) is 3.87. The molecule has 2 nitrogen and oxygen atoms in total. The first-order chi connectivity index (χ1) is 4.55. The van der Waals surface area contributed by atoms with Crippen LogP contribution in [0.5, 0.6) is 0 Å². The molecule has 0 saturated carbocycles. The van der Waals surface area contributed by atoms with Gasteiger partial charge in [0, 0.05) is 11.5 Å². The fourth-order valence-corrected chi connectivity index (χ4v) is 1.53. The zero-order valence-electron chi connectivity index (χ0n) is 6.90. The number of nitrogens with one attached hydrogen (secondary N) is 1. The molecule has 1 atom stereocenters. The monoisotopic (exact) mass is 141 g/mol. The fourth-order valence-electron chi connectivity index (χ4n) is 1.53. The van der Waals surface area contributed by atoms with Crippen LogP contribution in [0.4, 0.5) is 0 Å². The average molecular weight is 141 g/mol. The Morgan fingerprint density at radius 1 is 1.70 bits per heavy atom. The highest BCUT2D eigenvalue weighted by atomic mass is 16.2. The number of carbonyl (C=O) groups is 1. The van der Waals surface area contributed by atoms with E-state index in [-0.39, 0.29) is 17.4 Å². The molecule has 1 saturated heterocycles. The zero-order valence-corrected chi connectivity index (χ0v) is 6.90. The molecule has 1 heterocycles. The normalized spacial score (nSPS) is 30.3. The van der Waals surface area contributed by atoms with Crippen molar-refractivity contribution in [1.29, 1.82) is 0 Å². The van der Waals surface area contributed by atoms with Crippen LogP contribution in [0.1, 0.15) is 33.6 Å². The molecule has 0 unspecified atom stereocenters. The van der Waals surface area contributed by atoms with Crippen molar-refractivity contribution in [3.63, 3.8) is 0 Å². The van der Waals surface area contributed by atoms with E-state index < -0.39 is 0 Å². The molecule has 0 aromatic rings. The van der Waals surface area contributed by atoms with E-state index >= 15 is 0 Å². The van der Waals surface area contributed by atoms with Gasteiger partial charge in [0.05, 0.1) is 0 Å². The van der Waals surface area contributed by atoms with Crippen molar-refractivity contribution in [3.05, 3.63) is 0 Å². The number of amides is 1. The molecule has 1 N–H and O–H groups in total. The van der Waals surface area contributed by atoms with Crippen molar-refractivity contribution in [3.8, 4) is 0 Å². The Labute approximate surface area is 62.0 Å². The second-order valence-corrected chi connectivity index (χ2v) is 3.68. The van der Waals surface area contributed by atoms with Gasteiger partial charge in [0.15, 0.2) is 0 Å². The first-order valence-corrected chi connectivity index (χ1v) is 3.87. The van der Waals surface area contributed by atoms with Gasteiger partial charge in [0.25, 0.3) is 0 Å². The lowest BCUT2D eigenvalue weighted by molar-refractivity contribution is -0.122. The minimum Gasteiger partial charge on any atom is -0.351 e. The van der Waals surface area contributed by atoms with Crippen molar-refractivity contribution < 1.29 is 4.79 Å². The Morgan fingerprint density at radius 3 is 2.50 bits per heavy atom. The van der Waals surface area contributed by atoms with Crippen molar-refractivity contribution in [1.82, 2.24) is 5.32 Å². The van der Waals surface area contributed by atoms with Gasteiger partial charge in [-0.05, 0) is 26.7 Å². The topological polar surface area (TPSA) is 29.1 Å². The van der Waals surface area contributed by atoms with Gasteiger partial charge in [0.1, 0.15) is 0 Å². The molecule has 1 rings (SSSR count). The summed E-state index contributed by atoms with van der Waals surface area (Å²) in [4.78, 5) is 11.1. The van der Waals surface area contributed by atoms with E-state index in [9.17, 15) is 4.79 Å². The van der Waals surface area contributed by atoms with Gasteiger partial charge in [-0.3, -0.25) is 4.79 Å². The van der Waals surface area contributed by atoms with Gasteiger partial charge in [0.2, 0.25) is 5.91 Å². The lowest BCUT2D eigenvalue weighted by Gasteiger charge is -2.15. The summed E-state index contributed by atoms with van der Waals surface area (Å²) in [7, 11) is 0. The van der Waals surface area contributed by atoms with Gasteiger partial charge >= 0.3 is 0 Å². The molecule has 2 heteroatoms. The van der Waals surface area contributed by atoms with Crippen molar-refractivity contribution in [2.24, 2.45) is 5.92 Å². The van der Waals surface area contributed by atoms with E-state index in [1.807, 2.05) is 0 Å². The molecule has 0 spiro atoms. The zero-order chi connectivity index (χ0) is 7.78. The van der Waals surface area contributed by atoms with Crippen LogP contribution in [0, 0.1) is 5.92 Å². The van der Waals surface area contributed by atoms with Crippen LogP contribution < -0.4 is 5.32 Å². The van der Waals surface area contributed by atoms with Crippen LogP contribution in [0.25, 0.3) is 0 Å². The van der Waals surface area contributed by atoms with Gasteiger partial charge in [-0.15, -0.1) is 0 Å². The maximum absolute atomic E-state index is 11.1. The van der Waals surface area contributed by atoms with E-state index in [2.05, 4.69) is 26.1 Å². The fraction of sp³-hybridized carbons (Fsp3) is 0.875. The second kappa shape index (κ2) is 2.26. The van der Waals surface area contributed by atoms with Gasteiger partial charge in [-0.1, -0.05) is 6.92 Å². The Hall–Kier alpha value is -0.530. The van der Waals surface area contributed by atoms with E-state index in [1.165, 1.54) is 0 Å². The summed E-state index contributed by atoms with van der Waals surface area (Å²) in [6, 6.07) is 0. The highest BCUT2D eigenvalue weighted by molar-refractivity contribution is 5.81. The molecule has 0 aromatic heterocycles. The number of hydrogen-bond donors (Lipinski definition) is 1. The average Bonchev–Trinajstić information content (AvgIpc) is 2.05. The number of hydrogen-bond acceptors (Lipinski definition) is 1. The molecular weight excluding hydrogens is 126 g/mol. The highest BCUT2D eigenvalue weighted by Gasteiger charge is 2.35. The van der Waals surface area contributed by atoms with Crippen molar-refractivity contribution in [2.45, 2.75) is 39.2 Å². The molecule has 0 aromatic carbocycles. The predicted octanol–water partition coefficient (Wildman–Crippen LogP) is 1.31. The molecule has 1 aliphatic rings. The Balaban J connectivity index is 2.61. The minimum absolute atomic E-state index is 0.0394. The number of carbonyl (C=O) groups excluding carboxylic acids is 1. The maximum Gasteiger partial charge on any atom is 0.223 e. The molecular formula is C8H15NO. The lowest BCUT2D eigenvalue weighted by atomic mass is 9.95. The largest absolute Gasteiger partial charge is 0.351 e. The van der Waals surface area contributed by atoms with Crippen molar-refractivity contribution >= 4 is 5.91 Å². The van der Waals surface area contributed by atoms with Crippen molar-refractivity contribution in [2.75, 3.05) is 0 Å². The minimum atomic E-state index is 0.0394. The Bertz CT molecular complexity index is 151. The quantitative estimate of drug-likeness (QED) is 0.586. The van der Waals surface area contributed by atoms with Crippen LogP contribution in [-0.4, -0.2) is 11.4 Å². The molecule has 1 fully saturated rings. The molecule has 0 radical (unpaired) electrons. The summed E-state index contributed by atoms with van der Waals surface area (Å²) >= 11 is 0. The predicted molar refractivity (Wildman–Crippen MR) is 40.6 cm³/mol. The number of rotatable bonds is 1. The standard InChI is InChI=1S/C8H15NO/c1-4-6-5-8(2,3)9-7(6)10/h6H,4-5H2,1-3H3,(H,9,10)/t6-/m1/s1. The molecule has 10 heavy (non-hydrogen) atoms. The summed E-state index contributed by atoms with van der Waals surface area (Å²) in [6.07, 6.45) is 1.96. The molecule has 0 bridgehead atoms. The smallest absolute Gasteiger partial charge is 0.223 e. The summed E-state index contributed by atoms with van der Waals surface area (Å²) in [6.45, 7) is 6.20. The molecule has 1 aliphatic heterocycles. The SMILES string of the molecule is CC[C@@H]1CC(C)(C)NC1=O. The Kier molecular flexibility index (Phi) is 1.71. The third-order valence-electron chi connectivity index (χ3n) is 2.08. The second-order valence-electron chi connectivity index (χ2n) is 3.68. The molecule has 0 aliphatic carbocycles. The van der Waals surface area contributed by atoms with E-state index in [0.717, 1.165) is 12.8 Å². The third kappa shape index (κ3) is 1.31. The lowest BCUT2D eigenvalue weighted by Crippen LogP contribution is -2.34. The maximum atomic E-state index is 11.1. The summed E-state index contributed by atoms with van der Waals surface area (Å²) < 4.78 is 0.